The third kappa shape index (κ3) is 5.07. The van der Waals surface area contributed by atoms with Gasteiger partial charge in [0, 0.05) is 49.3 Å². The molecule has 2 aromatic carbocycles. The summed E-state index contributed by atoms with van der Waals surface area (Å²) < 4.78 is 32.7. The van der Waals surface area contributed by atoms with Crippen LogP contribution < -0.4 is 15.4 Å². The Bertz CT molecular complexity index is 1260. The van der Waals surface area contributed by atoms with Crippen LogP contribution in [-0.2, 0) is 4.79 Å². The first kappa shape index (κ1) is 22.7. The van der Waals surface area contributed by atoms with Gasteiger partial charge < -0.3 is 20.3 Å². The number of amides is 3. The number of rotatable bonds is 2. The zero-order valence-electron chi connectivity index (χ0n) is 18.7. The van der Waals surface area contributed by atoms with Gasteiger partial charge in [-0.2, -0.15) is 0 Å². The van der Waals surface area contributed by atoms with Gasteiger partial charge >= 0.3 is 6.03 Å². The van der Waals surface area contributed by atoms with Crippen LogP contribution in [0.25, 0.3) is 11.1 Å². The molecule has 2 aliphatic heterocycles. The second kappa shape index (κ2) is 9.67. The smallest absolute Gasteiger partial charge is 0.321 e. The molecule has 180 valence electrons. The fourth-order valence-corrected chi connectivity index (χ4v) is 4.25. The van der Waals surface area contributed by atoms with E-state index < -0.39 is 17.7 Å². The number of pyridine rings is 1. The fourth-order valence-electron chi connectivity index (χ4n) is 4.25. The summed E-state index contributed by atoms with van der Waals surface area (Å²) in [6.07, 6.45) is 3.45. The van der Waals surface area contributed by atoms with Crippen molar-refractivity contribution in [1.29, 1.82) is 0 Å². The number of ether oxygens (including phenoxy) is 1. The minimum absolute atomic E-state index is 0.156. The molecule has 1 aromatic heterocycles. The molecule has 2 aliphatic rings. The van der Waals surface area contributed by atoms with E-state index in [1.54, 1.807) is 17.3 Å². The molecule has 0 radical (unpaired) electrons. The van der Waals surface area contributed by atoms with Gasteiger partial charge in [0.25, 0.3) is 0 Å². The lowest BCUT2D eigenvalue weighted by atomic mass is 10.1. The quantitative estimate of drug-likeness (QED) is 0.587. The molecule has 0 spiro atoms. The highest BCUT2D eigenvalue weighted by molar-refractivity contribution is 5.95. The second-order valence-corrected chi connectivity index (χ2v) is 8.44. The molecule has 0 bridgehead atoms. The molecule has 3 aromatic rings. The van der Waals surface area contributed by atoms with Crippen LogP contribution in [0.5, 0.6) is 5.75 Å². The van der Waals surface area contributed by atoms with Crippen molar-refractivity contribution >= 4 is 23.3 Å². The number of urea groups is 1. The number of aromatic nitrogens is 1. The van der Waals surface area contributed by atoms with E-state index in [0.717, 1.165) is 23.3 Å². The minimum atomic E-state index is -1.03. The lowest BCUT2D eigenvalue weighted by Gasteiger charge is -2.40. The van der Waals surface area contributed by atoms with E-state index in [9.17, 15) is 18.4 Å². The van der Waals surface area contributed by atoms with Crippen LogP contribution in [0, 0.1) is 11.6 Å². The number of anilines is 2. The maximum absolute atomic E-state index is 13.5. The Morgan fingerprint density at radius 3 is 2.77 bits per heavy atom. The summed E-state index contributed by atoms with van der Waals surface area (Å²) in [4.78, 5) is 33.2. The molecule has 1 atom stereocenters. The molecule has 10 heteroatoms. The van der Waals surface area contributed by atoms with Gasteiger partial charge in [-0.3, -0.25) is 14.7 Å². The van der Waals surface area contributed by atoms with Gasteiger partial charge in [0.1, 0.15) is 12.4 Å². The van der Waals surface area contributed by atoms with E-state index in [-0.39, 0.29) is 30.8 Å². The molecular weight excluding hydrogens is 456 g/mol. The number of nitrogens with one attached hydrogen (secondary N) is 2. The van der Waals surface area contributed by atoms with E-state index >= 15 is 0 Å². The summed E-state index contributed by atoms with van der Waals surface area (Å²) in [5.74, 6) is -1.65. The third-order valence-corrected chi connectivity index (χ3v) is 6.09. The minimum Gasteiger partial charge on any atom is -0.490 e. The highest BCUT2D eigenvalue weighted by atomic mass is 19.2. The average molecular weight is 479 g/mol. The maximum Gasteiger partial charge on any atom is 0.321 e. The van der Waals surface area contributed by atoms with Gasteiger partial charge in [-0.15, -0.1) is 0 Å². The van der Waals surface area contributed by atoms with E-state index in [1.807, 2.05) is 35.2 Å². The number of halogens is 2. The zero-order valence-corrected chi connectivity index (χ0v) is 18.7. The number of piperazine rings is 1. The highest BCUT2D eigenvalue weighted by Crippen LogP contribution is 2.32. The molecule has 35 heavy (non-hydrogen) atoms. The van der Waals surface area contributed by atoms with Gasteiger partial charge in [0.05, 0.1) is 18.3 Å². The van der Waals surface area contributed by atoms with Gasteiger partial charge in [-0.05, 0) is 35.9 Å². The lowest BCUT2D eigenvalue weighted by Crippen LogP contribution is -2.58. The van der Waals surface area contributed by atoms with E-state index in [1.165, 1.54) is 6.07 Å². The van der Waals surface area contributed by atoms with Crippen molar-refractivity contribution in [3.63, 3.8) is 0 Å². The first-order valence-corrected chi connectivity index (χ1v) is 11.2. The van der Waals surface area contributed by atoms with Crippen LogP contribution in [0.1, 0.15) is 0 Å². The first-order valence-electron chi connectivity index (χ1n) is 11.2. The first-order chi connectivity index (χ1) is 17.0. The SMILES string of the molecule is O=C1CN2CCN(C(=O)Nc3ccc(F)c(F)c3)C[C@H]2COc2ccc(-c3cccnc3)cc2N1. The lowest BCUT2D eigenvalue weighted by molar-refractivity contribution is -0.118. The van der Waals surface area contributed by atoms with Crippen LogP contribution in [0.15, 0.2) is 60.9 Å². The second-order valence-electron chi connectivity index (χ2n) is 8.44. The molecule has 1 saturated heterocycles. The number of carbonyl (C=O) groups excluding carboxylic acids is 2. The maximum atomic E-state index is 13.5. The molecule has 0 aliphatic carbocycles. The van der Waals surface area contributed by atoms with Crippen molar-refractivity contribution in [1.82, 2.24) is 14.8 Å². The monoisotopic (exact) mass is 479 g/mol. The number of carbonyl (C=O) groups is 2. The summed E-state index contributed by atoms with van der Waals surface area (Å²) in [6.45, 7) is 1.57. The Morgan fingerprint density at radius 1 is 1.09 bits per heavy atom. The van der Waals surface area contributed by atoms with Gasteiger partial charge in [-0.25, -0.2) is 13.6 Å². The Balaban J connectivity index is 1.30. The van der Waals surface area contributed by atoms with Crippen LogP contribution in [-0.4, -0.2) is 65.5 Å². The third-order valence-electron chi connectivity index (χ3n) is 6.09. The topological polar surface area (TPSA) is 86.8 Å². The Kier molecular flexibility index (Phi) is 6.28. The Hall–Kier alpha value is -4.05. The molecule has 2 N–H and O–H groups in total. The molecule has 8 nitrogen and oxygen atoms in total. The molecule has 3 amide bonds. The average Bonchev–Trinajstić information content (AvgIpc) is 2.92. The molecule has 0 saturated carbocycles. The Morgan fingerprint density at radius 2 is 1.97 bits per heavy atom. The van der Waals surface area contributed by atoms with Crippen molar-refractivity contribution in [2.45, 2.75) is 6.04 Å². The standard InChI is InChI=1S/C25H23F2N5O3/c26-20-5-4-18(11-21(20)27)29-25(34)32-9-8-31-14-24(33)30-22-10-16(17-2-1-7-28-12-17)3-6-23(22)35-15-19(31)13-32/h1-7,10-12,19H,8-9,13-15H2,(H,29,34)(H,30,33)/t19-/m0/s1. The summed E-state index contributed by atoms with van der Waals surface area (Å²) in [7, 11) is 0. The molecule has 1 fully saturated rings. The molecule has 3 heterocycles. The summed E-state index contributed by atoms with van der Waals surface area (Å²) >= 11 is 0. The van der Waals surface area contributed by atoms with Crippen molar-refractivity contribution in [3.8, 4) is 16.9 Å². The summed E-state index contributed by atoms with van der Waals surface area (Å²) in [5, 5.41) is 5.54. The predicted octanol–water partition coefficient (Wildman–Crippen LogP) is 3.58. The molecule has 0 unspecified atom stereocenters. The van der Waals surface area contributed by atoms with Crippen molar-refractivity contribution < 1.29 is 23.1 Å². The number of benzene rings is 2. The van der Waals surface area contributed by atoms with Gasteiger partial charge in [0.2, 0.25) is 5.91 Å². The number of hydrogen-bond donors (Lipinski definition) is 2. The van der Waals surface area contributed by atoms with Crippen LogP contribution in [0.2, 0.25) is 0 Å². The predicted molar refractivity (Wildman–Crippen MR) is 126 cm³/mol. The summed E-state index contributed by atoms with van der Waals surface area (Å²) in [5.41, 5.74) is 2.56. The summed E-state index contributed by atoms with van der Waals surface area (Å²) in [6, 6.07) is 11.9. The van der Waals surface area contributed by atoms with Crippen LogP contribution >= 0.6 is 0 Å². The fraction of sp³-hybridized carbons (Fsp3) is 0.240. The molecule has 5 rings (SSSR count). The molecular formula is C25H23F2N5O3. The Labute approximate surface area is 200 Å². The van der Waals surface area contributed by atoms with Crippen LogP contribution in [0.4, 0.5) is 25.0 Å². The largest absolute Gasteiger partial charge is 0.490 e. The zero-order chi connectivity index (χ0) is 24.4. The van der Waals surface area contributed by atoms with E-state index in [2.05, 4.69) is 15.6 Å². The van der Waals surface area contributed by atoms with E-state index in [0.29, 0.717) is 31.1 Å². The highest BCUT2D eigenvalue weighted by Gasteiger charge is 2.32. The van der Waals surface area contributed by atoms with E-state index in [4.69, 9.17) is 4.74 Å². The van der Waals surface area contributed by atoms with Gasteiger partial charge in [0.15, 0.2) is 11.6 Å². The number of hydrogen-bond acceptors (Lipinski definition) is 5. The normalized spacial score (nSPS) is 18.2. The van der Waals surface area contributed by atoms with Crippen molar-refractivity contribution in [2.75, 3.05) is 43.4 Å². The number of fused-ring (bicyclic) bond motifs is 2. The van der Waals surface area contributed by atoms with Crippen LogP contribution in [0.3, 0.4) is 0 Å². The number of nitrogens with zero attached hydrogens (tertiary/aromatic N) is 3. The van der Waals surface area contributed by atoms with Crippen molar-refractivity contribution in [3.05, 3.63) is 72.6 Å². The van der Waals surface area contributed by atoms with Gasteiger partial charge in [-0.1, -0.05) is 12.1 Å². The van der Waals surface area contributed by atoms with Crippen molar-refractivity contribution in [2.24, 2.45) is 0 Å².